The van der Waals surface area contributed by atoms with Gasteiger partial charge in [-0.15, -0.1) is 0 Å². The second-order valence-corrected chi connectivity index (χ2v) is 9.97. The maximum atomic E-state index is 13.5. The molecule has 1 atom stereocenters. The van der Waals surface area contributed by atoms with Crippen LogP contribution in [0.5, 0.6) is 17.2 Å². The van der Waals surface area contributed by atoms with Gasteiger partial charge >= 0.3 is 0 Å². The van der Waals surface area contributed by atoms with Crippen LogP contribution in [0.4, 0.5) is 5.69 Å². The Balaban J connectivity index is 1.58. The minimum atomic E-state index is -0.809. The van der Waals surface area contributed by atoms with Crippen molar-refractivity contribution in [3.8, 4) is 17.2 Å². The third kappa shape index (κ3) is 5.14. The van der Waals surface area contributed by atoms with Crippen LogP contribution in [0, 0.1) is 0 Å². The van der Waals surface area contributed by atoms with E-state index in [0.717, 1.165) is 17.0 Å². The van der Waals surface area contributed by atoms with E-state index in [9.17, 15) is 14.7 Å². The Kier molecular flexibility index (Phi) is 7.19. The van der Waals surface area contributed by atoms with Crippen LogP contribution < -0.4 is 19.1 Å². The van der Waals surface area contributed by atoms with Gasteiger partial charge in [0.05, 0.1) is 37.1 Å². The van der Waals surface area contributed by atoms with E-state index in [0.29, 0.717) is 35.8 Å². The van der Waals surface area contributed by atoms with Crippen molar-refractivity contribution in [2.75, 3.05) is 32.2 Å². The van der Waals surface area contributed by atoms with Gasteiger partial charge in [0.15, 0.2) is 0 Å². The van der Waals surface area contributed by atoms with Gasteiger partial charge in [-0.1, -0.05) is 24.3 Å². The van der Waals surface area contributed by atoms with Gasteiger partial charge in [0, 0.05) is 19.2 Å². The summed E-state index contributed by atoms with van der Waals surface area (Å²) < 4.78 is 16.9. The number of ether oxygens (including phenoxy) is 3. The highest BCUT2D eigenvalue weighted by Gasteiger charge is 2.46. The van der Waals surface area contributed by atoms with Gasteiger partial charge in [-0.2, -0.15) is 0 Å². The number of aliphatic hydroxyl groups excluding tert-OH is 1. The van der Waals surface area contributed by atoms with Crippen molar-refractivity contribution in [3.05, 3.63) is 89.0 Å². The predicted molar refractivity (Wildman–Crippen MR) is 148 cm³/mol. The Morgan fingerprint density at radius 3 is 2.54 bits per heavy atom. The lowest BCUT2D eigenvalue weighted by Gasteiger charge is -2.28. The number of amides is 1. The molecule has 8 heteroatoms. The molecule has 1 unspecified atom stereocenters. The summed E-state index contributed by atoms with van der Waals surface area (Å²) in [6.45, 7) is 5.35. The van der Waals surface area contributed by atoms with Crippen molar-refractivity contribution in [3.63, 3.8) is 0 Å². The first-order chi connectivity index (χ1) is 18.8. The van der Waals surface area contributed by atoms with Crippen LogP contribution in [0.2, 0.25) is 0 Å². The van der Waals surface area contributed by atoms with Gasteiger partial charge < -0.3 is 29.1 Å². The molecule has 3 aromatic rings. The summed E-state index contributed by atoms with van der Waals surface area (Å²) in [5.74, 6) is 0.371. The molecule has 0 aliphatic carbocycles. The summed E-state index contributed by atoms with van der Waals surface area (Å²) in [5, 5.41) is 11.5. The quantitative estimate of drug-likeness (QED) is 0.264. The molecule has 39 heavy (non-hydrogen) atoms. The molecule has 0 bridgehead atoms. The zero-order valence-corrected chi connectivity index (χ0v) is 22.5. The number of hydrogen-bond donors (Lipinski definition) is 1. The molecule has 5 rings (SSSR count). The van der Waals surface area contributed by atoms with E-state index < -0.39 is 17.7 Å². The first-order valence-corrected chi connectivity index (χ1v) is 12.9. The molecule has 1 fully saturated rings. The van der Waals surface area contributed by atoms with Crippen LogP contribution in [0.1, 0.15) is 36.6 Å². The topological polar surface area (TPSA) is 88.5 Å². The molecule has 3 aromatic carbocycles. The highest BCUT2D eigenvalue weighted by atomic mass is 16.5. The fourth-order valence-corrected chi connectivity index (χ4v) is 5.00. The van der Waals surface area contributed by atoms with Gasteiger partial charge in [0.1, 0.15) is 29.6 Å². The van der Waals surface area contributed by atoms with E-state index in [1.807, 2.05) is 56.1 Å². The van der Waals surface area contributed by atoms with E-state index in [1.165, 1.54) is 4.90 Å². The Morgan fingerprint density at radius 2 is 1.82 bits per heavy atom. The summed E-state index contributed by atoms with van der Waals surface area (Å²) in [5.41, 5.74) is 2.77. The number of nitrogens with zero attached hydrogens (tertiary/aromatic N) is 2. The van der Waals surface area contributed by atoms with Gasteiger partial charge in [0.2, 0.25) is 0 Å². The molecule has 2 aliphatic heterocycles. The number of benzene rings is 3. The number of methoxy groups -OCH3 is 1. The second kappa shape index (κ2) is 10.7. The lowest BCUT2D eigenvalue weighted by Crippen LogP contribution is -2.29. The molecule has 0 radical (unpaired) electrons. The molecule has 2 aliphatic rings. The molecule has 202 valence electrons. The number of anilines is 1. The molecule has 8 nitrogen and oxygen atoms in total. The van der Waals surface area contributed by atoms with Crippen LogP contribution in [-0.4, -0.2) is 55.1 Å². The molecular formula is C31H32N2O6. The Labute approximate surface area is 228 Å². The fraction of sp³-hybridized carbons (Fsp3) is 0.290. The summed E-state index contributed by atoms with van der Waals surface area (Å²) >= 11 is 0. The number of likely N-dealkylation sites (N-methyl/N-ethyl adjacent to an activating group) is 1. The maximum absolute atomic E-state index is 13.5. The van der Waals surface area contributed by atoms with Crippen molar-refractivity contribution in [1.82, 2.24) is 4.90 Å². The normalized spacial score (nSPS) is 18.2. The first-order valence-electron chi connectivity index (χ1n) is 12.9. The van der Waals surface area contributed by atoms with Crippen molar-refractivity contribution in [2.45, 2.75) is 32.5 Å². The van der Waals surface area contributed by atoms with Crippen molar-refractivity contribution in [1.29, 1.82) is 0 Å². The Bertz CT molecular complexity index is 1430. The molecule has 2 heterocycles. The lowest BCUT2D eigenvalue weighted by atomic mass is 9.94. The number of rotatable bonds is 7. The molecule has 1 N–H and O–H groups in total. The van der Waals surface area contributed by atoms with Crippen LogP contribution in [0.15, 0.2) is 72.3 Å². The van der Waals surface area contributed by atoms with E-state index in [1.54, 1.807) is 43.5 Å². The van der Waals surface area contributed by atoms with Gasteiger partial charge in [-0.05, 0) is 67.4 Å². The number of aliphatic hydroxyl groups is 1. The van der Waals surface area contributed by atoms with Gasteiger partial charge in [-0.3, -0.25) is 9.59 Å². The zero-order chi connectivity index (χ0) is 27.7. The third-order valence-corrected chi connectivity index (χ3v) is 6.93. The third-order valence-electron chi connectivity index (χ3n) is 6.93. The highest BCUT2D eigenvalue weighted by molar-refractivity contribution is 6.46. The van der Waals surface area contributed by atoms with Gasteiger partial charge in [-0.25, -0.2) is 0 Å². The largest absolute Gasteiger partial charge is 0.507 e. The number of likely N-dealkylation sites (tertiary alicyclic amines) is 1. The van der Waals surface area contributed by atoms with E-state index in [-0.39, 0.29) is 24.0 Å². The second-order valence-electron chi connectivity index (χ2n) is 9.97. The molecule has 1 amide bonds. The number of carbonyl (C=O) groups is 2. The molecule has 0 saturated carbocycles. The van der Waals surface area contributed by atoms with Crippen molar-refractivity contribution >= 4 is 23.1 Å². The SMILES string of the molecule is COc1cccc(C2/C(=C(/O)c3ccc4c(c3)N(C)CCO4)C(=O)C(=O)N2Cc2ccc(OC(C)C)cc2)c1. The average molecular weight is 529 g/mol. The fourth-order valence-electron chi connectivity index (χ4n) is 5.00. The zero-order valence-electron chi connectivity index (χ0n) is 22.5. The Morgan fingerprint density at radius 1 is 1.05 bits per heavy atom. The minimum absolute atomic E-state index is 0.0346. The van der Waals surface area contributed by atoms with Crippen molar-refractivity contribution in [2.24, 2.45) is 0 Å². The van der Waals surface area contributed by atoms with Crippen molar-refractivity contribution < 1.29 is 28.9 Å². The molecular weight excluding hydrogens is 496 g/mol. The van der Waals surface area contributed by atoms with Crippen LogP contribution in [0.25, 0.3) is 5.76 Å². The number of hydrogen-bond acceptors (Lipinski definition) is 7. The summed E-state index contributed by atoms with van der Waals surface area (Å²) in [6.07, 6.45) is 0.0386. The minimum Gasteiger partial charge on any atom is -0.507 e. The lowest BCUT2D eigenvalue weighted by molar-refractivity contribution is -0.140. The van der Waals surface area contributed by atoms with Crippen LogP contribution in [-0.2, 0) is 16.1 Å². The number of carbonyl (C=O) groups excluding carboxylic acids is 2. The Hall–Kier alpha value is -4.46. The summed E-state index contributed by atoms with van der Waals surface area (Å²) in [6, 6.07) is 19.1. The number of fused-ring (bicyclic) bond motifs is 1. The summed E-state index contributed by atoms with van der Waals surface area (Å²) in [4.78, 5) is 30.5. The standard InChI is InChI=1S/C31H32N2O6/c1-19(2)39-23-11-8-20(9-12-23)18-33-28(21-6-5-7-24(16-21)37-4)27(30(35)31(33)36)29(34)22-10-13-26-25(17-22)32(3)14-15-38-26/h5-13,16-17,19,28,34H,14-15,18H2,1-4H3/b29-27-. The predicted octanol–water partition coefficient (Wildman–Crippen LogP) is 4.93. The molecule has 0 spiro atoms. The van der Waals surface area contributed by atoms with E-state index >= 15 is 0 Å². The molecule has 0 aromatic heterocycles. The van der Waals surface area contributed by atoms with Crippen LogP contribution in [0.3, 0.4) is 0 Å². The first kappa shape index (κ1) is 26.2. The molecule has 1 saturated heterocycles. The van der Waals surface area contributed by atoms with Crippen LogP contribution >= 0.6 is 0 Å². The highest BCUT2D eigenvalue weighted by Crippen LogP contribution is 2.42. The monoisotopic (exact) mass is 528 g/mol. The average Bonchev–Trinajstić information content (AvgIpc) is 3.18. The van der Waals surface area contributed by atoms with E-state index in [2.05, 4.69) is 0 Å². The smallest absolute Gasteiger partial charge is 0.295 e. The maximum Gasteiger partial charge on any atom is 0.295 e. The van der Waals surface area contributed by atoms with E-state index in [4.69, 9.17) is 14.2 Å². The van der Waals surface area contributed by atoms with Gasteiger partial charge in [0.25, 0.3) is 11.7 Å². The number of ketones is 1. The number of Topliss-reactive ketones (excluding diaryl/α,β-unsaturated/α-hetero) is 1. The summed E-state index contributed by atoms with van der Waals surface area (Å²) in [7, 11) is 3.50.